The van der Waals surface area contributed by atoms with Gasteiger partial charge >= 0.3 is 0 Å². The third kappa shape index (κ3) is 2.57. The van der Waals surface area contributed by atoms with Gasteiger partial charge in [-0.3, -0.25) is 0 Å². The minimum atomic E-state index is -0.567. The maximum atomic E-state index is 10.2. The van der Waals surface area contributed by atoms with Crippen LogP contribution in [0.3, 0.4) is 0 Å². The van der Waals surface area contributed by atoms with Crippen LogP contribution in [0.5, 0.6) is 5.75 Å². The second kappa shape index (κ2) is 5.04. The Bertz CT molecular complexity index is 596. The van der Waals surface area contributed by atoms with Gasteiger partial charge in [0.1, 0.15) is 11.9 Å². The van der Waals surface area contributed by atoms with Crippen LogP contribution < -0.4 is 4.74 Å². The minimum Gasteiger partial charge on any atom is -0.485 e. The number of benzene rings is 2. The van der Waals surface area contributed by atoms with Crippen LogP contribution in [0.4, 0.5) is 0 Å². The fourth-order valence-corrected chi connectivity index (χ4v) is 2.61. The van der Waals surface area contributed by atoms with Gasteiger partial charge in [0.25, 0.3) is 0 Å². The molecular weight excluding hydrogens is 283 g/mol. The number of halogens is 2. The van der Waals surface area contributed by atoms with Gasteiger partial charge < -0.3 is 9.84 Å². The van der Waals surface area contributed by atoms with E-state index in [9.17, 15) is 5.11 Å². The summed E-state index contributed by atoms with van der Waals surface area (Å²) in [6, 6.07) is 12.8. The molecule has 3 rings (SSSR count). The molecule has 1 aliphatic rings. The fraction of sp³-hybridized carbons (Fsp3) is 0.200. The van der Waals surface area contributed by atoms with E-state index in [0.29, 0.717) is 22.2 Å². The maximum Gasteiger partial charge on any atom is 0.127 e. The van der Waals surface area contributed by atoms with E-state index >= 15 is 0 Å². The van der Waals surface area contributed by atoms with Crippen molar-refractivity contribution in [2.45, 2.75) is 18.6 Å². The van der Waals surface area contributed by atoms with Crippen LogP contribution in [0, 0.1) is 0 Å². The molecule has 1 N–H and O–H groups in total. The summed E-state index contributed by atoms with van der Waals surface area (Å²) in [5.74, 6) is 0.683. The minimum absolute atomic E-state index is 0.166. The van der Waals surface area contributed by atoms with Crippen molar-refractivity contribution in [3.8, 4) is 5.75 Å². The summed E-state index contributed by atoms with van der Waals surface area (Å²) in [5.41, 5.74) is 1.75. The van der Waals surface area contributed by atoms with Gasteiger partial charge in [-0.05, 0) is 35.9 Å². The second-order valence-electron chi connectivity index (χ2n) is 4.59. The van der Waals surface area contributed by atoms with Gasteiger partial charge in [0.05, 0.1) is 6.10 Å². The highest BCUT2D eigenvalue weighted by molar-refractivity contribution is 6.30. The number of rotatable bonds is 1. The molecule has 1 unspecified atom stereocenters. The van der Waals surface area contributed by atoms with Crippen molar-refractivity contribution in [3.63, 3.8) is 0 Å². The van der Waals surface area contributed by atoms with Crippen LogP contribution in [-0.2, 0) is 0 Å². The summed E-state index contributed by atoms with van der Waals surface area (Å²) < 4.78 is 5.92. The standard InChI is InChI=1S/C15H12Cl2O2/c16-10-3-1-9(2-4-10)15-8-13(18)12-7-11(17)5-6-14(12)19-15/h1-7,13,15,18H,8H2/t13-,15?/m1/s1. The molecule has 0 fully saturated rings. The van der Waals surface area contributed by atoms with Gasteiger partial charge in [-0.2, -0.15) is 0 Å². The van der Waals surface area contributed by atoms with Gasteiger partial charge in [-0.25, -0.2) is 0 Å². The molecule has 2 aromatic rings. The lowest BCUT2D eigenvalue weighted by atomic mass is 9.95. The topological polar surface area (TPSA) is 29.5 Å². The van der Waals surface area contributed by atoms with E-state index in [1.807, 2.05) is 24.3 Å². The monoisotopic (exact) mass is 294 g/mol. The highest BCUT2D eigenvalue weighted by atomic mass is 35.5. The van der Waals surface area contributed by atoms with Gasteiger partial charge in [0.15, 0.2) is 0 Å². The van der Waals surface area contributed by atoms with E-state index in [1.54, 1.807) is 18.2 Å². The van der Waals surface area contributed by atoms with Crippen molar-refractivity contribution in [2.75, 3.05) is 0 Å². The molecule has 0 saturated carbocycles. The molecule has 0 aliphatic carbocycles. The third-order valence-corrected chi connectivity index (χ3v) is 3.77. The van der Waals surface area contributed by atoms with Crippen LogP contribution in [0.1, 0.15) is 29.8 Å². The zero-order valence-corrected chi connectivity index (χ0v) is 11.5. The molecular formula is C15H12Cl2O2. The number of aliphatic hydroxyl groups is 1. The number of hydrogen-bond donors (Lipinski definition) is 1. The Labute approximate surface area is 121 Å². The number of fused-ring (bicyclic) bond motifs is 1. The highest BCUT2D eigenvalue weighted by Crippen LogP contribution is 2.41. The largest absolute Gasteiger partial charge is 0.485 e. The van der Waals surface area contributed by atoms with Gasteiger partial charge in [0.2, 0.25) is 0 Å². The summed E-state index contributed by atoms with van der Waals surface area (Å²) in [7, 11) is 0. The van der Waals surface area contributed by atoms with E-state index in [0.717, 1.165) is 11.1 Å². The predicted molar refractivity (Wildman–Crippen MR) is 75.8 cm³/mol. The summed E-state index contributed by atoms with van der Waals surface area (Å²) >= 11 is 11.8. The van der Waals surface area contributed by atoms with Crippen LogP contribution >= 0.6 is 23.2 Å². The molecule has 0 radical (unpaired) electrons. The van der Waals surface area contributed by atoms with Crippen LogP contribution in [-0.4, -0.2) is 5.11 Å². The molecule has 2 nitrogen and oxygen atoms in total. The van der Waals surface area contributed by atoms with E-state index < -0.39 is 6.10 Å². The Morgan fingerprint density at radius 3 is 2.42 bits per heavy atom. The van der Waals surface area contributed by atoms with Crippen molar-refractivity contribution in [3.05, 3.63) is 63.6 Å². The van der Waals surface area contributed by atoms with Crippen LogP contribution in [0.25, 0.3) is 0 Å². The lowest BCUT2D eigenvalue weighted by Crippen LogP contribution is -2.18. The first-order chi connectivity index (χ1) is 9.13. The molecule has 0 aromatic heterocycles. The lowest BCUT2D eigenvalue weighted by molar-refractivity contribution is 0.0657. The number of aliphatic hydroxyl groups excluding tert-OH is 1. The van der Waals surface area contributed by atoms with Crippen molar-refractivity contribution in [1.29, 1.82) is 0 Å². The molecule has 1 heterocycles. The second-order valence-corrected chi connectivity index (χ2v) is 5.46. The van der Waals surface area contributed by atoms with Crippen molar-refractivity contribution >= 4 is 23.2 Å². The molecule has 2 aromatic carbocycles. The van der Waals surface area contributed by atoms with Crippen LogP contribution in [0.2, 0.25) is 10.0 Å². The molecule has 0 saturated heterocycles. The van der Waals surface area contributed by atoms with E-state index in [-0.39, 0.29) is 6.10 Å². The van der Waals surface area contributed by atoms with E-state index in [2.05, 4.69) is 0 Å². The molecule has 0 spiro atoms. The fourth-order valence-electron chi connectivity index (χ4n) is 2.30. The molecule has 4 heteroatoms. The molecule has 0 amide bonds. The molecule has 0 bridgehead atoms. The molecule has 19 heavy (non-hydrogen) atoms. The zero-order valence-electron chi connectivity index (χ0n) is 10.0. The Hall–Kier alpha value is -1.22. The van der Waals surface area contributed by atoms with Gasteiger partial charge in [0, 0.05) is 22.0 Å². The quantitative estimate of drug-likeness (QED) is 0.836. The Kier molecular flexibility index (Phi) is 3.40. The number of ether oxygens (including phenoxy) is 1. The average molecular weight is 295 g/mol. The lowest BCUT2D eigenvalue weighted by Gasteiger charge is -2.30. The van der Waals surface area contributed by atoms with E-state index in [1.165, 1.54) is 0 Å². The van der Waals surface area contributed by atoms with Crippen molar-refractivity contribution in [2.24, 2.45) is 0 Å². The molecule has 98 valence electrons. The first-order valence-corrected chi connectivity index (χ1v) is 6.79. The summed E-state index contributed by atoms with van der Waals surface area (Å²) in [4.78, 5) is 0. The van der Waals surface area contributed by atoms with Crippen molar-refractivity contribution in [1.82, 2.24) is 0 Å². The first-order valence-electron chi connectivity index (χ1n) is 6.03. The molecule has 1 aliphatic heterocycles. The van der Waals surface area contributed by atoms with Gasteiger partial charge in [-0.1, -0.05) is 35.3 Å². The normalized spacial score (nSPS) is 21.6. The maximum absolute atomic E-state index is 10.2. The van der Waals surface area contributed by atoms with Crippen molar-refractivity contribution < 1.29 is 9.84 Å². The first kappa shape index (κ1) is 12.8. The summed E-state index contributed by atoms with van der Waals surface area (Å²) in [6.07, 6.45) is -0.223. The Morgan fingerprint density at radius 1 is 1.00 bits per heavy atom. The smallest absolute Gasteiger partial charge is 0.127 e. The third-order valence-electron chi connectivity index (χ3n) is 3.28. The Balaban J connectivity index is 1.92. The highest BCUT2D eigenvalue weighted by Gasteiger charge is 2.28. The van der Waals surface area contributed by atoms with Gasteiger partial charge in [-0.15, -0.1) is 0 Å². The van der Waals surface area contributed by atoms with E-state index in [4.69, 9.17) is 27.9 Å². The summed E-state index contributed by atoms with van der Waals surface area (Å²) in [6.45, 7) is 0. The number of hydrogen-bond acceptors (Lipinski definition) is 2. The predicted octanol–water partition coefficient (Wildman–Crippen LogP) is 4.55. The van der Waals surface area contributed by atoms with Crippen LogP contribution in [0.15, 0.2) is 42.5 Å². The average Bonchev–Trinajstić information content (AvgIpc) is 2.40. The SMILES string of the molecule is O[C@@H]1CC(c2ccc(Cl)cc2)Oc2ccc(Cl)cc21. The molecule has 2 atom stereocenters. The summed E-state index contributed by atoms with van der Waals surface area (Å²) in [5, 5.41) is 11.5. The zero-order chi connectivity index (χ0) is 13.4. The Morgan fingerprint density at radius 2 is 1.68 bits per heavy atom.